The van der Waals surface area contributed by atoms with Crippen LogP contribution in [0.5, 0.6) is 0 Å². The monoisotopic (exact) mass is 307 g/mol. The highest BCUT2D eigenvalue weighted by molar-refractivity contribution is 5.02. The maximum absolute atomic E-state index is 13.1. The molecule has 0 amide bonds. The third-order valence-electron chi connectivity index (χ3n) is 5.65. The number of hydrogen-bond acceptors (Lipinski definition) is 3. The number of alkyl halides is 3. The second-order valence-corrected chi connectivity index (χ2v) is 7.42. The van der Waals surface area contributed by atoms with Crippen molar-refractivity contribution in [3.63, 3.8) is 0 Å². The fraction of sp³-hybridized carbons (Fsp3) is 1.00. The highest BCUT2D eigenvalue weighted by atomic mass is 19.4. The fourth-order valence-corrected chi connectivity index (χ4v) is 3.87. The molecule has 1 saturated carbocycles. The molecule has 0 bridgehead atoms. The van der Waals surface area contributed by atoms with Crippen molar-refractivity contribution in [2.24, 2.45) is 11.7 Å². The Morgan fingerprint density at radius 1 is 1.24 bits per heavy atom. The molecule has 6 heteroatoms. The second kappa shape index (κ2) is 5.70. The second-order valence-electron chi connectivity index (χ2n) is 7.42. The molecule has 1 saturated heterocycles. The predicted molar refractivity (Wildman–Crippen MR) is 78.1 cm³/mol. The van der Waals surface area contributed by atoms with Gasteiger partial charge < -0.3 is 5.73 Å². The van der Waals surface area contributed by atoms with Crippen LogP contribution in [0.2, 0.25) is 0 Å². The zero-order valence-corrected chi connectivity index (χ0v) is 13.3. The summed E-state index contributed by atoms with van der Waals surface area (Å²) in [6, 6.07) is 0. The number of nitrogens with zero attached hydrogens (tertiary/aromatic N) is 2. The lowest BCUT2D eigenvalue weighted by Crippen LogP contribution is -2.67. The highest BCUT2D eigenvalue weighted by Crippen LogP contribution is 2.44. The van der Waals surface area contributed by atoms with Crippen LogP contribution in [0.3, 0.4) is 0 Å². The van der Waals surface area contributed by atoms with Gasteiger partial charge in [-0.2, -0.15) is 13.2 Å². The Hall–Kier alpha value is -0.330. The Labute approximate surface area is 125 Å². The summed E-state index contributed by atoms with van der Waals surface area (Å²) in [7, 11) is 2.08. The normalized spacial score (nSPS) is 35.9. The first-order valence-electron chi connectivity index (χ1n) is 7.84. The molecular formula is C15H28F3N3. The van der Waals surface area contributed by atoms with E-state index in [4.69, 9.17) is 5.73 Å². The zero-order chi connectivity index (χ0) is 15.9. The third-order valence-corrected chi connectivity index (χ3v) is 5.65. The SMILES string of the molecule is CN1CCN(C2(CN)CCCC(C(F)(F)F)C2)CC1(C)C. The fourth-order valence-electron chi connectivity index (χ4n) is 3.87. The minimum Gasteiger partial charge on any atom is -0.329 e. The molecule has 0 aromatic carbocycles. The van der Waals surface area contributed by atoms with Crippen molar-refractivity contribution in [2.75, 3.05) is 33.2 Å². The van der Waals surface area contributed by atoms with Crippen LogP contribution < -0.4 is 5.73 Å². The molecule has 1 heterocycles. The Morgan fingerprint density at radius 2 is 1.90 bits per heavy atom. The lowest BCUT2D eigenvalue weighted by molar-refractivity contribution is -0.196. The van der Waals surface area contributed by atoms with Crippen LogP contribution in [0.1, 0.15) is 39.5 Å². The first-order chi connectivity index (χ1) is 9.61. The lowest BCUT2D eigenvalue weighted by atomic mass is 9.73. The van der Waals surface area contributed by atoms with Gasteiger partial charge in [-0.15, -0.1) is 0 Å². The van der Waals surface area contributed by atoms with Crippen molar-refractivity contribution in [3.8, 4) is 0 Å². The molecule has 2 fully saturated rings. The largest absolute Gasteiger partial charge is 0.391 e. The topological polar surface area (TPSA) is 32.5 Å². The van der Waals surface area contributed by atoms with Crippen LogP contribution in [0, 0.1) is 5.92 Å². The molecule has 2 atom stereocenters. The van der Waals surface area contributed by atoms with Gasteiger partial charge in [-0.3, -0.25) is 9.80 Å². The van der Waals surface area contributed by atoms with Gasteiger partial charge >= 0.3 is 6.18 Å². The van der Waals surface area contributed by atoms with Crippen molar-refractivity contribution in [1.29, 1.82) is 0 Å². The molecule has 3 nitrogen and oxygen atoms in total. The molecule has 2 rings (SSSR count). The van der Waals surface area contributed by atoms with Crippen LogP contribution in [0.15, 0.2) is 0 Å². The maximum atomic E-state index is 13.1. The summed E-state index contributed by atoms with van der Waals surface area (Å²) in [6.07, 6.45) is -2.28. The number of hydrogen-bond donors (Lipinski definition) is 1. The zero-order valence-electron chi connectivity index (χ0n) is 13.3. The van der Waals surface area contributed by atoms with Crippen LogP contribution in [0.25, 0.3) is 0 Å². The van der Waals surface area contributed by atoms with Crippen LogP contribution in [0.4, 0.5) is 13.2 Å². The Kier molecular flexibility index (Phi) is 4.63. The average Bonchev–Trinajstić information content (AvgIpc) is 2.41. The van der Waals surface area contributed by atoms with E-state index in [0.29, 0.717) is 13.0 Å². The van der Waals surface area contributed by atoms with Gasteiger partial charge in [0.05, 0.1) is 5.92 Å². The molecule has 0 spiro atoms. The van der Waals surface area contributed by atoms with Crippen molar-refractivity contribution in [3.05, 3.63) is 0 Å². The van der Waals surface area contributed by atoms with E-state index in [9.17, 15) is 13.2 Å². The molecule has 2 N–H and O–H groups in total. The molecule has 124 valence electrons. The van der Waals surface area contributed by atoms with Gasteiger partial charge in [-0.1, -0.05) is 6.42 Å². The smallest absolute Gasteiger partial charge is 0.329 e. The molecule has 0 radical (unpaired) electrons. The Morgan fingerprint density at radius 3 is 2.43 bits per heavy atom. The summed E-state index contributed by atoms with van der Waals surface area (Å²) in [5, 5.41) is 0. The first kappa shape index (κ1) is 17.0. The highest BCUT2D eigenvalue weighted by Gasteiger charge is 2.50. The first-order valence-corrected chi connectivity index (χ1v) is 7.84. The van der Waals surface area contributed by atoms with Gasteiger partial charge in [0.25, 0.3) is 0 Å². The average molecular weight is 307 g/mol. The Balaban J connectivity index is 2.17. The molecule has 2 unspecified atom stereocenters. The van der Waals surface area contributed by atoms with E-state index in [0.717, 1.165) is 26.1 Å². The van der Waals surface area contributed by atoms with Crippen LogP contribution >= 0.6 is 0 Å². The summed E-state index contributed by atoms with van der Waals surface area (Å²) in [5.74, 6) is -1.20. The van der Waals surface area contributed by atoms with Gasteiger partial charge in [-0.25, -0.2) is 0 Å². The molecule has 1 aliphatic heterocycles. The summed E-state index contributed by atoms with van der Waals surface area (Å²) >= 11 is 0. The van der Waals surface area contributed by atoms with Gasteiger partial charge in [-0.05, 0) is 40.2 Å². The van der Waals surface area contributed by atoms with Crippen LogP contribution in [-0.4, -0.2) is 60.3 Å². The van der Waals surface area contributed by atoms with E-state index < -0.39 is 17.6 Å². The third kappa shape index (κ3) is 3.37. The molecular weight excluding hydrogens is 279 g/mol. The molecule has 21 heavy (non-hydrogen) atoms. The minimum atomic E-state index is -4.09. The van der Waals surface area contributed by atoms with Gasteiger partial charge in [0, 0.05) is 37.3 Å². The number of piperazine rings is 1. The summed E-state index contributed by atoms with van der Waals surface area (Å²) in [6.45, 7) is 7.08. The molecule has 2 aliphatic rings. The maximum Gasteiger partial charge on any atom is 0.391 e. The van der Waals surface area contributed by atoms with E-state index in [1.807, 2.05) is 0 Å². The molecule has 0 aromatic rings. The quantitative estimate of drug-likeness (QED) is 0.850. The molecule has 1 aliphatic carbocycles. The number of halogens is 3. The number of nitrogens with two attached hydrogens (primary N) is 1. The summed E-state index contributed by atoms with van der Waals surface area (Å²) < 4.78 is 39.4. The van der Waals surface area contributed by atoms with E-state index in [1.54, 1.807) is 0 Å². The number of rotatable bonds is 2. The standard InChI is InChI=1S/C15H28F3N3/c1-13(2)11-21(8-7-20(13)3)14(10-19)6-4-5-12(9-14)15(16,17)18/h12H,4-11,19H2,1-3H3. The van der Waals surface area contributed by atoms with E-state index in [-0.39, 0.29) is 18.4 Å². The minimum absolute atomic E-state index is 0.0222. The van der Waals surface area contributed by atoms with Crippen molar-refractivity contribution >= 4 is 0 Å². The number of likely N-dealkylation sites (N-methyl/N-ethyl adjacent to an activating group) is 1. The Bertz CT molecular complexity index is 370. The van der Waals surface area contributed by atoms with Gasteiger partial charge in [0.2, 0.25) is 0 Å². The van der Waals surface area contributed by atoms with Crippen molar-refractivity contribution < 1.29 is 13.2 Å². The summed E-state index contributed by atoms with van der Waals surface area (Å²) in [5.41, 5.74) is 5.48. The van der Waals surface area contributed by atoms with Gasteiger partial charge in [0.1, 0.15) is 0 Å². The van der Waals surface area contributed by atoms with Crippen LogP contribution in [-0.2, 0) is 0 Å². The van der Waals surface area contributed by atoms with E-state index in [1.165, 1.54) is 0 Å². The van der Waals surface area contributed by atoms with E-state index >= 15 is 0 Å². The van der Waals surface area contributed by atoms with Crippen molar-refractivity contribution in [1.82, 2.24) is 9.80 Å². The molecule has 0 aromatic heterocycles. The van der Waals surface area contributed by atoms with Crippen molar-refractivity contribution in [2.45, 2.75) is 56.8 Å². The lowest BCUT2D eigenvalue weighted by Gasteiger charge is -2.55. The van der Waals surface area contributed by atoms with Gasteiger partial charge in [0.15, 0.2) is 0 Å². The van der Waals surface area contributed by atoms with E-state index in [2.05, 4.69) is 30.7 Å². The summed E-state index contributed by atoms with van der Waals surface area (Å²) in [4.78, 5) is 4.52. The predicted octanol–water partition coefficient (Wildman–Crippen LogP) is 2.46.